The van der Waals surface area contributed by atoms with Gasteiger partial charge in [0, 0.05) is 18.5 Å². The van der Waals surface area contributed by atoms with Crippen LogP contribution in [-0.2, 0) is 9.59 Å². The fourth-order valence-corrected chi connectivity index (χ4v) is 2.67. The van der Waals surface area contributed by atoms with Gasteiger partial charge in [0.15, 0.2) is 0 Å². The smallest absolute Gasteiger partial charge is 0.322 e. The molecule has 128 valence electrons. The van der Waals surface area contributed by atoms with Crippen LogP contribution >= 0.6 is 45.2 Å². The molecule has 8 heteroatoms. The molecule has 0 radical (unpaired) electrons. The monoisotopic (exact) mass is 554 g/mol. The Morgan fingerprint density at radius 1 is 0.875 bits per heavy atom. The van der Waals surface area contributed by atoms with E-state index in [0.29, 0.717) is 0 Å². The van der Waals surface area contributed by atoms with E-state index in [1.807, 2.05) is 48.5 Å². The molecule has 0 saturated heterocycles. The molecule has 0 saturated carbocycles. The Morgan fingerprint density at radius 3 is 2.08 bits per heavy atom. The second kappa shape index (κ2) is 11.1. The molecular formula is C16H16I2N2O4. The Balaban J connectivity index is 0.000000240. The molecule has 0 unspecified atom stereocenters. The fourth-order valence-electron chi connectivity index (χ4n) is 1.55. The lowest BCUT2D eigenvalue weighted by Gasteiger charge is -2.04. The zero-order valence-corrected chi connectivity index (χ0v) is 16.8. The molecule has 0 amide bonds. The first-order chi connectivity index (χ1) is 11.4. The highest BCUT2D eigenvalue weighted by Gasteiger charge is 1.99. The molecule has 24 heavy (non-hydrogen) atoms. The van der Waals surface area contributed by atoms with E-state index in [-0.39, 0.29) is 13.1 Å². The maximum absolute atomic E-state index is 10.2. The maximum atomic E-state index is 10.2. The van der Waals surface area contributed by atoms with Gasteiger partial charge >= 0.3 is 11.9 Å². The van der Waals surface area contributed by atoms with Gasteiger partial charge in [-0.15, -0.1) is 0 Å². The van der Waals surface area contributed by atoms with Crippen LogP contribution in [0.2, 0.25) is 0 Å². The highest BCUT2D eigenvalue weighted by Crippen LogP contribution is 2.16. The number of para-hydroxylation sites is 1. The molecule has 0 atom stereocenters. The van der Waals surface area contributed by atoms with Crippen molar-refractivity contribution in [3.8, 4) is 0 Å². The zero-order chi connectivity index (χ0) is 17.9. The summed E-state index contributed by atoms with van der Waals surface area (Å²) in [6.07, 6.45) is 0. The Hall–Kier alpha value is -1.56. The van der Waals surface area contributed by atoms with Gasteiger partial charge in [-0.1, -0.05) is 18.2 Å². The van der Waals surface area contributed by atoms with Crippen molar-refractivity contribution < 1.29 is 19.8 Å². The minimum Gasteiger partial charge on any atom is -0.480 e. The van der Waals surface area contributed by atoms with Crippen molar-refractivity contribution in [1.29, 1.82) is 0 Å². The van der Waals surface area contributed by atoms with Gasteiger partial charge in [-0.05, 0) is 75.5 Å². The molecule has 2 rings (SSSR count). The Morgan fingerprint density at radius 2 is 1.50 bits per heavy atom. The lowest BCUT2D eigenvalue weighted by atomic mass is 10.3. The van der Waals surface area contributed by atoms with Gasteiger partial charge in [-0.25, -0.2) is 0 Å². The summed E-state index contributed by atoms with van der Waals surface area (Å²) in [7, 11) is 0. The molecule has 4 N–H and O–H groups in total. The summed E-state index contributed by atoms with van der Waals surface area (Å²) in [5.41, 5.74) is 1.70. The van der Waals surface area contributed by atoms with Crippen LogP contribution in [0.3, 0.4) is 0 Å². The van der Waals surface area contributed by atoms with Crippen LogP contribution in [0, 0.1) is 7.14 Å². The second-order valence-corrected chi connectivity index (χ2v) is 6.89. The van der Waals surface area contributed by atoms with E-state index in [0.717, 1.165) is 18.5 Å². The quantitative estimate of drug-likeness (QED) is 0.408. The highest BCUT2D eigenvalue weighted by atomic mass is 127. The SMILES string of the molecule is O=C(O)CNc1cccc(I)c1.O=C(O)CNc1ccccc1I. The normalized spacial score (nSPS) is 9.42. The number of halogens is 2. The van der Waals surface area contributed by atoms with E-state index in [1.165, 1.54) is 0 Å². The van der Waals surface area contributed by atoms with Crippen LogP contribution in [0.5, 0.6) is 0 Å². The number of anilines is 2. The third kappa shape index (κ3) is 8.91. The van der Waals surface area contributed by atoms with Crippen molar-refractivity contribution in [2.45, 2.75) is 0 Å². The van der Waals surface area contributed by atoms with E-state index in [2.05, 4.69) is 55.8 Å². The molecule has 2 aromatic rings. The molecule has 2 aromatic carbocycles. The predicted octanol–water partition coefficient (Wildman–Crippen LogP) is 3.58. The number of carboxylic acids is 2. The molecule has 0 heterocycles. The van der Waals surface area contributed by atoms with Crippen molar-refractivity contribution in [1.82, 2.24) is 0 Å². The number of carboxylic acid groups (broad SMARTS) is 2. The minimum absolute atomic E-state index is 0.0416. The molecule has 0 aliphatic heterocycles. The van der Waals surface area contributed by atoms with Gasteiger partial charge in [0.1, 0.15) is 13.1 Å². The largest absolute Gasteiger partial charge is 0.480 e. The van der Waals surface area contributed by atoms with Crippen LogP contribution in [0.1, 0.15) is 0 Å². The highest BCUT2D eigenvalue weighted by molar-refractivity contribution is 14.1. The van der Waals surface area contributed by atoms with Crippen LogP contribution in [-0.4, -0.2) is 35.2 Å². The minimum atomic E-state index is -0.853. The van der Waals surface area contributed by atoms with Crippen molar-refractivity contribution in [3.05, 3.63) is 55.7 Å². The predicted molar refractivity (Wildman–Crippen MR) is 111 cm³/mol. The number of benzene rings is 2. The number of nitrogens with one attached hydrogen (secondary N) is 2. The number of carbonyl (C=O) groups is 2. The van der Waals surface area contributed by atoms with E-state index >= 15 is 0 Å². The van der Waals surface area contributed by atoms with Gasteiger partial charge in [0.2, 0.25) is 0 Å². The molecular weight excluding hydrogens is 538 g/mol. The Kier molecular flexibility index (Phi) is 9.45. The average Bonchev–Trinajstić information content (AvgIpc) is 2.53. The average molecular weight is 554 g/mol. The van der Waals surface area contributed by atoms with Crippen molar-refractivity contribution in [2.24, 2.45) is 0 Å². The summed E-state index contributed by atoms with van der Waals surface area (Å²) < 4.78 is 2.11. The van der Waals surface area contributed by atoms with E-state index in [1.54, 1.807) is 0 Å². The Bertz CT molecular complexity index is 695. The van der Waals surface area contributed by atoms with Crippen LogP contribution in [0.15, 0.2) is 48.5 Å². The topological polar surface area (TPSA) is 98.7 Å². The lowest BCUT2D eigenvalue weighted by molar-refractivity contribution is -0.135. The van der Waals surface area contributed by atoms with Gasteiger partial charge in [0.25, 0.3) is 0 Å². The maximum Gasteiger partial charge on any atom is 0.322 e. The standard InChI is InChI=1S/2C8H8INO2/c9-6-2-1-3-7(4-6)10-5-8(11)12;9-6-3-1-2-4-7(6)10-5-8(11)12/h2*1-4,10H,5H2,(H,11,12). The second-order valence-electron chi connectivity index (χ2n) is 4.48. The van der Waals surface area contributed by atoms with Crippen LogP contribution in [0.25, 0.3) is 0 Å². The number of rotatable bonds is 6. The third-order valence-corrected chi connectivity index (χ3v) is 4.18. The van der Waals surface area contributed by atoms with Crippen molar-refractivity contribution in [3.63, 3.8) is 0 Å². The van der Waals surface area contributed by atoms with Crippen molar-refractivity contribution in [2.75, 3.05) is 23.7 Å². The van der Waals surface area contributed by atoms with Crippen molar-refractivity contribution >= 4 is 68.5 Å². The van der Waals surface area contributed by atoms with E-state index in [4.69, 9.17) is 10.2 Å². The third-order valence-electron chi connectivity index (χ3n) is 2.57. The molecule has 6 nitrogen and oxygen atoms in total. The summed E-state index contributed by atoms with van der Waals surface area (Å²) in [4.78, 5) is 20.4. The number of hydrogen-bond acceptors (Lipinski definition) is 4. The summed E-state index contributed by atoms with van der Waals surface area (Å²) in [6.45, 7) is -0.0832. The molecule has 0 aliphatic carbocycles. The van der Waals surface area contributed by atoms with Gasteiger partial charge in [0.05, 0.1) is 0 Å². The molecule has 0 aromatic heterocycles. The van der Waals surface area contributed by atoms with Crippen LogP contribution < -0.4 is 10.6 Å². The molecule has 0 bridgehead atoms. The first-order valence-corrected chi connectivity index (χ1v) is 8.95. The first kappa shape index (κ1) is 20.5. The van der Waals surface area contributed by atoms with Crippen LogP contribution in [0.4, 0.5) is 11.4 Å². The Labute approximate surface area is 166 Å². The molecule has 0 fully saturated rings. The summed E-state index contributed by atoms with van der Waals surface area (Å²) in [5.74, 6) is -1.71. The first-order valence-electron chi connectivity index (χ1n) is 6.80. The van der Waals surface area contributed by atoms with E-state index in [9.17, 15) is 9.59 Å². The molecule has 0 spiro atoms. The fraction of sp³-hybridized carbons (Fsp3) is 0.125. The van der Waals surface area contributed by atoms with Gasteiger partial charge in [-0.2, -0.15) is 0 Å². The number of aliphatic carboxylic acids is 2. The molecule has 0 aliphatic rings. The lowest BCUT2D eigenvalue weighted by Crippen LogP contribution is -2.12. The number of hydrogen-bond donors (Lipinski definition) is 4. The van der Waals surface area contributed by atoms with Gasteiger partial charge in [-0.3, -0.25) is 9.59 Å². The summed E-state index contributed by atoms with van der Waals surface area (Å²) >= 11 is 4.33. The summed E-state index contributed by atoms with van der Waals surface area (Å²) in [6, 6.07) is 15.1. The summed E-state index contributed by atoms with van der Waals surface area (Å²) in [5, 5.41) is 22.4. The zero-order valence-electron chi connectivity index (χ0n) is 12.5. The van der Waals surface area contributed by atoms with E-state index < -0.39 is 11.9 Å². The van der Waals surface area contributed by atoms with Gasteiger partial charge < -0.3 is 20.8 Å².